The number of nitrogens with two attached hydrogens (primary N) is 1. The van der Waals surface area contributed by atoms with E-state index in [4.69, 9.17) is 15.3 Å². The predicted molar refractivity (Wildman–Crippen MR) is 95.1 cm³/mol. The molecule has 0 fully saturated rings. The molecule has 8 nitrogen and oxygen atoms in total. The molecule has 4 atom stereocenters. The number of esters is 1. The van der Waals surface area contributed by atoms with Crippen molar-refractivity contribution in [2.45, 2.75) is 44.6 Å². The quantitative estimate of drug-likeness (QED) is 0.607. The van der Waals surface area contributed by atoms with Gasteiger partial charge in [0.2, 0.25) is 5.91 Å². The Kier molecular flexibility index (Phi) is 6.70. The zero-order valence-corrected chi connectivity index (χ0v) is 15.1. The van der Waals surface area contributed by atoms with E-state index in [0.29, 0.717) is 6.42 Å². The lowest BCUT2D eigenvalue weighted by molar-refractivity contribution is -0.147. The Morgan fingerprint density at radius 3 is 2.58 bits per heavy atom. The molecule has 0 bridgehead atoms. The van der Waals surface area contributed by atoms with E-state index in [1.165, 1.54) is 7.11 Å². The average Bonchev–Trinajstić information content (AvgIpc) is 3.15. The van der Waals surface area contributed by atoms with E-state index in [1.54, 1.807) is 13.8 Å². The first-order valence-corrected chi connectivity index (χ1v) is 8.44. The number of amides is 1. The van der Waals surface area contributed by atoms with Gasteiger partial charge in [-0.2, -0.15) is 0 Å². The van der Waals surface area contributed by atoms with E-state index in [1.807, 2.05) is 30.3 Å². The zero-order chi connectivity index (χ0) is 19.3. The highest BCUT2D eigenvalue weighted by Gasteiger charge is 2.38. The Hall–Kier alpha value is -2.45. The van der Waals surface area contributed by atoms with Gasteiger partial charge in [-0.25, -0.2) is 4.79 Å². The van der Waals surface area contributed by atoms with E-state index in [-0.39, 0.29) is 17.7 Å². The van der Waals surface area contributed by atoms with Crippen LogP contribution in [0.4, 0.5) is 0 Å². The van der Waals surface area contributed by atoms with Crippen molar-refractivity contribution in [1.29, 1.82) is 0 Å². The minimum absolute atomic E-state index is 0.125. The van der Waals surface area contributed by atoms with Gasteiger partial charge < -0.3 is 25.7 Å². The number of rotatable bonds is 7. The van der Waals surface area contributed by atoms with Gasteiger partial charge in [0, 0.05) is 6.42 Å². The van der Waals surface area contributed by atoms with E-state index in [9.17, 15) is 14.7 Å². The molecule has 1 heterocycles. The SMILES string of the molecule is COC(=O)[C@@H](NC(=O)[C@H](N)C(C)C)[C@H](O)C1=NO[C@@H](c2ccccc2)C1. The van der Waals surface area contributed by atoms with Crippen molar-refractivity contribution < 1.29 is 24.3 Å². The number of hydrogen-bond donors (Lipinski definition) is 3. The Labute approximate surface area is 152 Å². The molecule has 0 aliphatic carbocycles. The molecule has 0 saturated heterocycles. The number of aliphatic hydroxyl groups is 1. The Morgan fingerprint density at radius 2 is 2.00 bits per heavy atom. The van der Waals surface area contributed by atoms with Crippen LogP contribution in [0.3, 0.4) is 0 Å². The van der Waals surface area contributed by atoms with Gasteiger partial charge in [-0.3, -0.25) is 4.79 Å². The maximum Gasteiger partial charge on any atom is 0.331 e. The average molecular weight is 363 g/mol. The second-order valence-electron chi connectivity index (χ2n) is 6.52. The summed E-state index contributed by atoms with van der Waals surface area (Å²) in [7, 11) is 1.18. The highest BCUT2D eigenvalue weighted by Crippen LogP contribution is 2.28. The summed E-state index contributed by atoms with van der Waals surface area (Å²) < 4.78 is 4.70. The number of ether oxygens (including phenoxy) is 1. The molecule has 1 aromatic carbocycles. The monoisotopic (exact) mass is 363 g/mol. The first-order chi connectivity index (χ1) is 12.3. The van der Waals surface area contributed by atoms with Crippen molar-refractivity contribution in [1.82, 2.24) is 5.32 Å². The van der Waals surface area contributed by atoms with Crippen LogP contribution < -0.4 is 11.1 Å². The zero-order valence-electron chi connectivity index (χ0n) is 15.1. The summed E-state index contributed by atoms with van der Waals surface area (Å²) >= 11 is 0. The van der Waals surface area contributed by atoms with Crippen LogP contribution in [0.5, 0.6) is 0 Å². The summed E-state index contributed by atoms with van der Waals surface area (Å²) in [5.41, 5.74) is 6.96. The summed E-state index contributed by atoms with van der Waals surface area (Å²) in [5, 5.41) is 16.9. The van der Waals surface area contributed by atoms with Crippen LogP contribution in [0.15, 0.2) is 35.5 Å². The fraction of sp³-hybridized carbons (Fsp3) is 0.500. The molecule has 1 aromatic rings. The normalized spacial score (nSPS) is 19.9. The van der Waals surface area contributed by atoms with Gasteiger partial charge in [0.25, 0.3) is 0 Å². The van der Waals surface area contributed by atoms with Crippen LogP contribution in [-0.4, -0.2) is 48.0 Å². The summed E-state index contributed by atoms with van der Waals surface area (Å²) in [5.74, 6) is -1.46. The van der Waals surface area contributed by atoms with Crippen LogP contribution in [0.1, 0.15) is 31.9 Å². The van der Waals surface area contributed by atoms with Crippen LogP contribution >= 0.6 is 0 Å². The van der Waals surface area contributed by atoms with Gasteiger partial charge in [-0.15, -0.1) is 0 Å². The standard InChI is InChI=1S/C18H25N3O5/c1-10(2)14(19)17(23)20-15(18(24)25-3)16(22)12-9-13(26-21-12)11-7-5-4-6-8-11/h4-8,10,13-16,22H,9,19H2,1-3H3,(H,20,23)/t13-,14-,15+,16-/m1/s1. The lowest BCUT2D eigenvalue weighted by Crippen LogP contribution is -2.56. The van der Waals surface area contributed by atoms with Gasteiger partial charge in [-0.1, -0.05) is 49.3 Å². The molecular weight excluding hydrogens is 338 g/mol. The lowest BCUT2D eigenvalue weighted by atomic mass is 9.97. The topological polar surface area (TPSA) is 123 Å². The van der Waals surface area contributed by atoms with E-state index < -0.39 is 30.1 Å². The third-order valence-corrected chi connectivity index (χ3v) is 4.29. The molecule has 0 spiro atoms. The number of nitrogens with one attached hydrogen (secondary N) is 1. The minimum Gasteiger partial charge on any atom is -0.467 e. The third-order valence-electron chi connectivity index (χ3n) is 4.29. The van der Waals surface area contributed by atoms with Crippen molar-refractivity contribution in [3.05, 3.63) is 35.9 Å². The Morgan fingerprint density at radius 1 is 1.35 bits per heavy atom. The molecule has 1 aliphatic heterocycles. The molecule has 0 saturated carbocycles. The highest BCUT2D eigenvalue weighted by atomic mass is 16.6. The van der Waals surface area contributed by atoms with Crippen molar-refractivity contribution in [3.8, 4) is 0 Å². The molecule has 1 aliphatic rings. The first-order valence-electron chi connectivity index (χ1n) is 8.44. The van der Waals surface area contributed by atoms with Gasteiger partial charge in [0.05, 0.1) is 18.9 Å². The van der Waals surface area contributed by atoms with Crippen molar-refractivity contribution in [2.75, 3.05) is 7.11 Å². The second-order valence-corrected chi connectivity index (χ2v) is 6.52. The maximum absolute atomic E-state index is 12.2. The number of aliphatic hydroxyl groups excluding tert-OH is 1. The number of nitrogens with zero attached hydrogens (tertiary/aromatic N) is 1. The van der Waals surface area contributed by atoms with Gasteiger partial charge in [0.15, 0.2) is 12.1 Å². The van der Waals surface area contributed by atoms with E-state index in [2.05, 4.69) is 10.5 Å². The van der Waals surface area contributed by atoms with Crippen LogP contribution in [-0.2, 0) is 19.2 Å². The summed E-state index contributed by atoms with van der Waals surface area (Å²) in [4.78, 5) is 29.6. The van der Waals surface area contributed by atoms with Crippen LogP contribution in [0, 0.1) is 5.92 Å². The number of carbonyl (C=O) groups excluding carboxylic acids is 2. The summed E-state index contributed by atoms with van der Waals surface area (Å²) in [6, 6.07) is 7.28. The Bertz CT molecular complexity index is 662. The first kappa shape index (κ1) is 19.9. The summed E-state index contributed by atoms with van der Waals surface area (Å²) in [6.07, 6.45) is -1.43. The van der Waals surface area contributed by atoms with Crippen molar-refractivity contribution in [2.24, 2.45) is 16.8 Å². The minimum atomic E-state index is -1.38. The number of oxime groups is 1. The molecule has 0 unspecified atom stereocenters. The number of benzene rings is 1. The second kappa shape index (κ2) is 8.77. The smallest absolute Gasteiger partial charge is 0.331 e. The number of carbonyl (C=O) groups is 2. The molecule has 1 amide bonds. The predicted octanol–water partition coefficient (Wildman–Crippen LogP) is 0.506. The Balaban J connectivity index is 2.08. The molecule has 8 heteroatoms. The highest BCUT2D eigenvalue weighted by molar-refractivity contribution is 5.97. The molecule has 26 heavy (non-hydrogen) atoms. The molecule has 0 radical (unpaired) electrons. The van der Waals surface area contributed by atoms with Crippen molar-refractivity contribution >= 4 is 17.6 Å². The lowest BCUT2D eigenvalue weighted by Gasteiger charge is -2.24. The number of hydrogen-bond acceptors (Lipinski definition) is 7. The number of methoxy groups -OCH3 is 1. The largest absolute Gasteiger partial charge is 0.467 e. The summed E-state index contributed by atoms with van der Waals surface area (Å²) in [6.45, 7) is 3.57. The fourth-order valence-electron chi connectivity index (χ4n) is 2.56. The molecule has 4 N–H and O–H groups in total. The fourth-order valence-corrected chi connectivity index (χ4v) is 2.56. The van der Waals surface area contributed by atoms with Gasteiger partial charge in [-0.05, 0) is 11.5 Å². The van der Waals surface area contributed by atoms with Crippen LogP contribution in [0.25, 0.3) is 0 Å². The molecular formula is C18H25N3O5. The van der Waals surface area contributed by atoms with Crippen molar-refractivity contribution in [3.63, 3.8) is 0 Å². The molecule has 142 valence electrons. The van der Waals surface area contributed by atoms with Crippen LogP contribution in [0.2, 0.25) is 0 Å². The maximum atomic E-state index is 12.2. The molecule has 0 aromatic heterocycles. The third kappa shape index (κ3) is 4.59. The van der Waals surface area contributed by atoms with E-state index in [0.717, 1.165) is 5.56 Å². The van der Waals surface area contributed by atoms with Gasteiger partial charge in [0.1, 0.15) is 6.10 Å². The van der Waals surface area contributed by atoms with E-state index >= 15 is 0 Å². The molecule has 2 rings (SSSR count). The van der Waals surface area contributed by atoms with Gasteiger partial charge >= 0.3 is 5.97 Å².